The monoisotopic (exact) mass is 278 g/mol. The molecule has 0 spiro atoms. The molecule has 0 radical (unpaired) electrons. The van der Waals surface area contributed by atoms with Crippen molar-refractivity contribution in [3.8, 4) is 0 Å². The van der Waals surface area contributed by atoms with Crippen LogP contribution in [0.5, 0.6) is 0 Å². The van der Waals surface area contributed by atoms with Crippen molar-refractivity contribution < 1.29 is 0 Å². The van der Waals surface area contributed by atoms with Gasteiger partial charge in [0.25, 0.3) is 0 Å². The Morgan fingerprint density at radius 2 is 1.80 bits per heavy atom. The van der Waals surface area contributed by atoms with Gasteiger partial charge in [0, 0.05) is 56.9 Å². The molecule has 0 aromatic heterocycles. The van der Waals surface area contributed by atoms with Crippen LogP contribution in [-0.4, -0.2) is 78.1 Å². The largest absolute Gasteiger partial charge is 0.329 e. The summed E-state index contributed by atoms with van der Waals surface area (Å²) in [6.45, 7) is 8.50. The summed E-state index contributed by atoms with van der Waals surface area (Å²) in [7, 11) is 0. The van der Waals surface area contributed by atoms with E-state index in [1.54, 1.807) is 0 Å². The molecule has 4 heteroatoms. The van der Waals surface area contributed by atoms with Crippen LogP contribution in [0, 0.1) is 0 Å². The van der Waals surface area contributed by atoms with Crippen LogP contribution in [0.1, 0.15) is 38.5 Å². The lowest BCUT2D eigenvalue weighted by Gasteiger charge is -2.50. The number of likely N-dealkylation sites (tertiary alicyclic amines) is 1. The second-order valence-corrected chi connectivity index (χ2v) is 7.51. The van der Waals surface area contributed by atoms with Crippen LogP contribution < -0.4 is 5.73 Å². The minimum absolute atomic E-state index is 0.298. The van der Waals surface area contributed by atoms with Crippen molar-refractivity contribution in [1.29, 1.82) is 0 Å². The molecule has 3 saturated heterocycles. The van der Waals surface area contributed by atoms with Gasteiger partial charge in [-0.05, 0) is 38.6 Å². The Bertz CT molecular complexity index is 356. The van der Waals surface area contributed by atoms with Crippen molar-refractivity contribution in [3.05, 3.63) is 0 Å². The summed E-state index contributed by atoms with van der Waals surface area (Å²) in [6, 6.07) is 1.72. The van der Waals surface area contributed by atoms with Crippen LogP contribution in [0.3, 0.4) is 0 Å². The Labute approximate surface area is 123 Å². The van der Waals surface area contributed by atoms with Crippen molar-refractivity contribution in [1.82, 2.24) is 14.7 Å². The van der Waals surface area contributed by atoms with Gasteiger partial charge in [-0.15, -0.1) is 0 Å². The van der Waals surface area contributed by atoms with E-state index in [9.17, 15) is 0 Å². The zero-order valence-electron chi connectivity index (χ0n) is 12.8. The lowest BCUT2D eigenvalue weighted by Crippen LogP contribution is -2.64. The first-order valence-electron chi connectivity index (χ1n) is 8.74. The molecular weight excluding hydrogens is 248 g/mol. The van der Waals surface area contributed by atoms with E-state index in [1.165, 1.54) is 77.8 Å². The number of hydrogen-bond donors (Lipinski definition) is 1. The maximum atomic E-state index is 6.27. The molecule has 3 aliphatic heterocycles. The molecule has 2 unspecified atom stereocenters. The van der Waals surface area contributed by atoms with E-state index in [4.69, 9.17) is 5.73 Å². The van der Waals surface area contributed by atoms with Crippen molar-refractivity contribution in [2.75, 3.05) is 45.8 Å². The van der Waals surface area contributed by atoms with Gasteiger partial charge in [-0.3, -0.25) is 14.7 Å². The molecule has 0 aromatic carbocycles. The number of nitrogens with two attached hydrogens (primary N) is 1. The van der Waals surface area contributed by atoms with Crippen LogP contribution in [0.2, 0.25) is 0 Å². The minimum Gasteiger partial charge on any atom is -0.329 e. The third-order valence-corrected chi connectivity index (χ3v) is 6.31. The third kappa shape index (κ3) is 2.31. The van der Waals surface area contributed by atoms with Gasteiger partial charge in [0.1, 0.15) is 0 Å². The van der Waals surface area contributed by atoms with Gasteiger partial charge in [0.15, 0.2) is 0 Å². The number of hydrogen-bond acceptors (Lipinski definition) is 4. The third-order valence-electron chi connectivity index (χ3n) is 6.31. The Hall–Kier alpha value is -0.160. The van der Waals surface area contributed by atoms with E-state index in [2.05, 4.69) is 14.7 Å². The molecule has 0 bridgehead atoms. The average Bonchev–Trinajstić information content (AvgIpc) is 3.26. The summed E-state index contributed by atoms with van der Waals surface area (Å²) >= 11 is 0. The van der Waals surface area contributed by atoms with Crippen molar-refractivity contribution in [3.63, 3.8) is 0 Å². The molecule has 4 fully saturated rings. The minimum atomic E-state index is 0.298. The first-order valence-corrected chi connectivity index (χ1v) is 8.74. The summed E-state index contributed by atoms with van der Waals surface area (Å²) in [6.07, 6.45) is 8.40. The Kier molecular flexibility index (Phi) is 3.53. The van der Waals surface area contributed by atoms with E-state index in [0.29, 0.717) is 5.54 Å². The zero-order valence-corrected chi connectivity index (χ0v) is 12.8. The first kappa shape index (κ1) is 13.5. The standard InChI is InChI=1S/C16H30N4/c17-12-16(6-8-19(13-16)14-4-5-14)20-10-9-18-7-2-1-3-15(18)11-20/h14-15H,1-13,17H2. The summed E-state index contributed by atoms with van der Waals surface area (Å²) in [5.41, 5.74) is 6.57. The quantitative estimate of drug-likeness (QED) is 0.825. The average molecular weight is 278 g/mol. The van der Waals surface area contributed by atoms with Crippen LogP contribution >= 0.6 is 0 Å². The summed E-state index contributed by atoms with van der Waals surface area (Å²) in [4.78, 5) is 8.24. The van der Waals surface area contributed by atoms with Crippen molar-refractivity contribution in [2.24, 2.45) is 5.73 Å². The predicted octanol–water partition coefficient (Wildman–Crippen LogP) is 0.722. The highest BCUT2D eigenvalue weighted by molar-refractivity contribution is 5.05. The van der Waals surface area contributed by atoms with Gasteiger partial charge in [-0.25, -0.2) is 0 Å². The molecule has 2 N–H and O–H groups in total. The zero-order chi connectivity index (χ0) is 13.6. The first-order chi connectivity index (χ1) is 9.81. The molecular formula is C16H30N4. The number of rotatable bonds is 3. The summed E-state index contributed by atoms with van der Waals surface area (Å²) < 4.78 is 0. The van der Waals surface area contributed by atoms with E-state index in [0.717, 1.165) is 18.6 Å². The summed E-state index contributed by atoms with van der Waals surface area (Å²) in [5.74, 6) is 0. The maximum Gasteiger partial charge on any atom is 0.0471 e. The molecule has 0 aromatic rings. The number of fused-ring (bicyclic) bond motifs is 1. The van der Waals surface area contributed by atoms with Gasteiger partial charge < -0.3 is 5.73 Å². The molecule has 114 valence electrons. The van der Waals surface area contributed by atoms with E-state index in [-0.39, 0.29) is 0 Å². The fourth-order valence-electron chi connectivity index (χ4n) is 4.78. The van der Waals surface area contributed by atoms with Crippen LogP contribution in [-0.2, 0) is 0 Å². The normalized spacial score (nSPS) is 41.0. The van der Waals surface area contributed by atoms with E-state index >= 15 is 0 Å². The molecule has 4 aliphatic rings. The van der Waals surface area contributed by atoms with Gasteiger partial charge in [0.2, 0.25) is 0 Å². The maximum absolute atomic E-state index is 6.27. The Morgan fingerprint density at radius 1 is 0.900 bits per heavy atom. The molecule has 2 atom stereocenters. The lowest BCUT2D eigenvalue weighted by molar-refractivity contribution is -0.00774. The topological polar surface area (TPSA) is 35.7 Å². The SMILES string of the molecule is NCC1(N2CCN3CCCCC3C2)CCN(C2CC2)C1. The second kappa shape index (κ2) is 5.24. The van der Waals surface area contributed by atoms with E-state index < -0.39 is 0 Å². The lowest BCUT2D eigenvalue weighted by atomic mass is 9.91. The molecule has 4 nitrogen and oxygen atoms in total. The molecule has 1 aliphatic carbocycles. The van der Waals surface area contributed by atoms with Gasteiger partial charge in [0.05, 0.1) is 0 Å². The van der Waals surface area contributed by atoms with Crippen LogP contribution in [0.25, 0.3) is 0 Å². The van der Waals surface area contributed by atoms with E-state index in [1.807, 2.05) is 0 Å². The number of piperidine rings is 1. The molecule has 0 amide bonds. The highest BCUT2D eigenvalue weighted by Crippen LogP contribution is 2.37. The molecule has 4 rings (SSSR count). The molecule has 1 saturated carbocycles. The fraction of sp³-hybridized carbons (Fsp3) is 1.00. The summed E-state index contributed by atoms with van der Waals surface area (Å²) in [5, 5.41) is 0. The Morgan fingerprint density at radius 3 is 2.60 bits per heavy atom. The highest BCUT2D eigenvalue weighted by Gasteiger charge is 2.47. The smallest absolute Gasteiger partial charge is 0.0471 e. The van der Waals surface area contributed by atoms with Crippen molar-refractivity contribution in [2.45, 2.75) is 56.1 Å². The molecule has 20 heavy (non-hydrogen) atoms. The highest BCUT2D eigenvalue weighted by atomic mass is 15.4. The van der Waals surface area contributed by atoms with Gasteiger partial charge in [-0.1, -0.05) is 6.42 Å². The van der Waals surface area contributed by atoms with Crippen LogP contribution in [0.4, 0.5) is 0 Å². The Balaban J connectivity index is 1.45. The fourth-order valence-corrected chi connectivity index (χ4v) is 4.78. The molecule has 3 heterocycles. The van der Waals surface area contributed by atoms with Crippen LogP contribution in [0.15, 0.2) is 0 Å². The second-order valence-electron chi connectivity index (χ2n) is 7.51. The van der Waals surface area contributed by atoms with Gasteiger partial charge >= 0.3 is 0 Å². The van der Waals surface area contributed by atoms with Gasteiger partial charge in [-0.2, -0.15) is 0 Å². The number of nitrogens with zero attached hydrogens (tertiary/aromatic N) is 3. The number of piperazine rings is 1. The van der Waals surface area contributed by atoms with Crippen molar-refractivity contribution >= 4 is 0 Å². The predicted molar refractivity (Wildman–Crippen MR) is 81.8 cm³/mol.